The number of carbonyl (C=O) groups is 2. The third-order valence-corrected chi connectivity index (χ3v) is 5.91. The lowest BCUT2D eigenvalue weighted by Crippen LogP contribution is -2.49. The zero-order valence-corrected chi connectivity index (χ0v) is 18.4. The first-order valence-electron chi connectivity index (χ1n) is 10.4. The fraction of sp³-hybridized carbons (Fsp3) is 0.200. The van der Waals surface area contributed by atoms with E-state index in [4.69, 9.17) is 11.6 Å². The lowest BCUT2D eigenvalue weighted by Gasteiger charge is -2.36. The maximum Gasteiger partial charge on any atom is 0.258 e. The van der Waals surface area contributed by atoms with Crippen LogP contribution in [0.5, 0.6) is 0 Å². The fourth-order valence-corrected chi connectivity index (χ4v) is 4.12. The van der Waals surface area contributed by atoms with Crippen molar-refractivity contribution in [3.63, 3.8) is 0 Å². The van der Waals surface area contributed by atoms with Crippen molar-refractivity contribution >= 4 is 34.8 Å². The van der Waals surface area contributed by atoms with Crippen LogP contribution in [0.25, 0.3) is 0 Å². The van der Waals surface area contributed by atoms with Crippen LogP contribution < -0.4 is 10.2 Å². The molecule has 3 aromatic rings. The van der Waals surface area contributed by atoms with E-state index < -0.39 is 11.7 Å². The number of amides is 2. The van der Waals surface area contributed by atoms with Crippen molar-refractivity contribution < 1.29 is 14.0 Å². The van der Waals surface area contributed by atoms with E-state index in [2.05, 4.69) is 10.2 Å². The summed E-state index contributed by atoms with van der Waals surface area (Å²) in [5, 5.41) is 3.16. The minimum atomic E-state index is -0.578. The van der Waals surface area contributed by atoms with E-state index in [1.54, 1.807) is 18.2 Å². The van der Waals surface area contributed by atoms with E-state index >= 15 is 0 Å². The highest BCUT2D eigenvalue weighted by atomic mass is 35.5. The normalized spacial score (nSPS) is 13.7. The number of carbonyl (C=O) groups excluding carboxylic acids is 2. The summed E-state index contributed by atoms with van der Waals surface area (Å²) in [6, 6.07) is 18.6. The molecule has 1 aliphatic rings. The molecule has 5 nitrogen and oxygen atoms in total. The largest absolute Gasteiger partial charge is 0.367 e. The van der Waals surface area contributed by atoms with Gasteiger partial charge in [0.05, 0.1) is 16.3 Å². The van der Waals surface area contributed by atoms with Crippen molar-refractivity contribution in [3.8, 4) is 0 Å². The summed E-state index contributed by atoms with van der Waals surface area (Å²) in [5.41, 5.74) is 2.99. The van der Waals surface area contributed by atoms with Gasteiger partial charge in [0.1, 0.15) is 5.82 Å². The first-order chi connectivity index (χ1) is 15.4. The highest BCUT2D eigenvalue weighted by molar-refractivity contribution is 6.33. The summed E-state index contributed by atoms with van der Waals surface area (Å²) in [7, 11) is 0. The quantitative estimate of drug-likeness (QED) is 0.607. The number of hydrogen-bond acceptors (Lipinski definition) is 3. The van der Waals surface area contributed by atoms with Crippen LogP contribution in [0.4, 0.5) is 15.8 Å². The highest BCUT2D eigenvalue weighted by Crippen LogP contribution is 2.30. The number of halogens is 2. The lowest BCUT2D eigenvalue weighted by atomic mass is 10.1. The van der Waals surface area contributed by atoms with E-state index in [1.165, 1.54) is 18.2 Å². The Morgan fingerprint density at radius 1 is 0.906 bits per heavy atom. The van der Waals surface area contributed by atoms with Crippen LogP contribution in [0.15, 0.2) is 66.7 Å². The Bertz CT molecular complexity index is 1160. The Hall–Kier alpha value is -3.38. The molecule has 0 bridgehead atoms. The molecule has 0 saturated carbocycles. The molecule has 4 rings (SSSR count). The third kappa shape index (κ3) is 4.60. The number of nitrogens with zero attached hydrogens (tertiary/aromatic N) is 2. The highest BCUT2D eigenvalue weighted by Gasteiger charge is 2.24. The molecule has 0 spiro atoms. The molecule has 1 saturated heterocycles. The number of nitrogens with one attached hydrogen (secondary N) is 1. The molecule has 1 aliphatic heterocycles. The first kappa shape index (κ1) is 21.8. The van der Waals surface area contributed by atoms with Gasteiger partial charge in [0.25, 0.3) is 11.8 Å². The lowest BCUT2D eigenvalue weighted by molar-refractivity contribution is 0.0746. The summed E-state index contributed by atoms with van der Waals surface area (Å²) >= 11 is 6.49. The first-order valence-corrected chi connectivity index (χ1v) is 10.8. The second-order valence-corrected chi connectivity index (χ2v) is 8.10. The van der Waals surface area contributed by atoms with Crippen molar-refractivity contribution in [2.75, 3.05) is 36.4 Å². The van der Waals surface area contributed by atoms with Crippen molar-refractivity contribution in [1.82, 2.24) is 4.90 Å². The maximum atomic E-state index is 13.8. The van der Waals surface area contributed by atoms with Crippen LogP contribution in [-0.2, 0) is 0 Å². The number of aryl methyl sites for hydroxylation is 1. The van der Waals surface area contributed by atoms with Crippen molar-refractivity contribution in [2.24, 2.45) is 0 Å². The Morgan fingerprint density at radius 3 is 2.22 bits per heavy atom. The average Bonchev–Trinajstić information content (AvgIpc) is 2.79. The van der Waals surface area contributed by atoms with Gasteiger partial charge in [0.2, 0.25) is 0 Å². The second kappa shape index (κ2) is 9.40. The third-order valence-electron chi connectivity index (χ3n) is 5.61. The smallest absolute Gasteiger partial charge is 0.258 e. The average molecular weight is 452 g/mol. The molecule has 1 heterocycles. The second-order valence-electron chi connectivity index (χ2n) is 7.69. The summed E-state index contributed by atoms with van der Waals surface area (Å²) in [5.74, 6) is -1.07. The topological polar surface area (TPSA) is 52.7 Å². The van der Waals surface area contributed by atoms with Gasteiger partial charge in [-0.15, -0.1) is 0 Å². The molecule has 0 aromatic heterocycles. The summed E-state index contributed by atoms with van der Waals surface area (Å²) in [4.78, 5) is 29.1. The number of rotatable bonds is 4. The number of hydrogen-bond donors (Lipinski definition) is 1. The van der Waals surface area contributed by atoms with Gasteiger partial charge in [-0.1, -0.05) is 41.9 Å². The molecule has 164 valence electrons. The molecule has 0 atom stereocenters. The molecular weight excluding hydrogens is 429 g/mol. The van der Waals surface area contributed by atoms with Gasteiger partial charge in [-0.2, -0.15) is 0 Å². The van der Waals surface area contributed by atoms with Gasteiger partial charge in [0, 0.05) is 37.4 Å². The van der Waals surface area contributed by atoms with Crippen LogP contribution in [0.2, 0.25) is 5.02 Å². The minimum absolute atomic E-state index is 0.0258. The summed E-state index contributed by atoms with van der Waals surface area (Å²) in [6.07, 6.45) is 0. The Labute approximate surface area is 191 Å². The predicted molar refractivity (Wildman–Crippen MR) is 125 cm³/mol. The molecule has 2 amide bonds. The van der Waals surface area contributed by atoms with Crippen LogP contribution in [0.1, 0.15) is 26.3 Å². The van der Waals surface area contributed by atoms with E-state index in [0.717, 1.165) is 16.8 Å². The van der Waals surface area contributed by atoms with Gasteiger partial charge in [-0.05, 0) is 48.9 Å². The van der Waals surface area contributed by atoms with Gasteiger partial charge in [-0.3, -0.25) is 9.59 Å². The molecule has 3 aromatic carbocycles. The number of anilines is 2. The molecule has 0 radical (unpaired) electrons. The predicted octanol–water partition coefficient (Wildman–Crippen LogP) is 5.00. The van der Waals surface area contributed by atoms with Gasteiger partial charge < -0.3 is 15.1 Å². The Kier molecular flexibility index (Phi) is 6.42. The maximum absolute atomic E-state index is 13.8. The molecule has 0 unspecified atom stereocenters. The van der Waals surface area contributed by atoms with Crippen molar-refractivity contribution in [3.05, 3.63) is 94.3 Å². The zero-order valence-electron chi connectivity index (χ0n) is 17.6. The molecule has 32 heavy (non-hydrogen) atoms. The summed E-state index contributed by atoms with van der Waals surface area (Å²) < 4.78 is 13.8. The van der Waals surface area contributed by atoms with Crippen LogP contribution in [0.3, 0.4) is 0 Å². The SMILES string of the molecule is Cc1ccccc1C(=O)N1CCN(c2ccc(NC(=O)c3ccccc3F)cc2Cl)CC1. The van der Waals surface area contributed by atoms with Crippen LogP contribution >= 0.6 is 11.6 Å². The van der Waals surface area contributed by atoms with Crippen molar-refractivity contribution in [1.29, 1.82) is 0 Å². The van der Waals surface area contributed by atoms with E-state index in [1.807, 2.05) is 42.2 Å². The van der Waals surface area contributed by atoms with E-state index in [0.29, 0.717) is 36.9 Å². The number of benzene rings is 3. The minimum Gasteiger partial charge on any atom is -0.367 e. The zero-order chi connectivity index (χ0) is 22.7. The van der Waals surface area contributed by atoms with Gasteiger partial charge in [-0.25, -0.2) is 4.39 Å². The van der Waals surface area contributed by atoms with Crippen LogP contribution in [-0.4, -0.2) is 42.9 Å². The van der Waals surface area contributed by atoms with E-state index in [9.17, 15) is 14.0 Å². The van der Waals surface area contributed by atoms with Crippen LogP contribution in [0, 0.1) is 12.7 Å². The monoisotopic (exact) mass is 451 g/mol. The standard InChI is InChI=1S/C25H23ClFN3O2/c1-17-6-2-3-7-19(17)25(32)30-14-12-29(13-15-30)23-11-10-18(16-21(23)26)28-24(31)20-8-4-5-9-22(20)27/h2-11,16H,12-15H2,1H3,(H,28,31). The van der Waals surface area contributed by atoms with Gasteiger partial charge in [0.15, 0.2) is 0 Å². The van der Waals surface area contributed by atoms with E-state index in [-0.39, 0.29) is 11.5 Å². The summed E-state index contributed by atoms with van der Waals surface area (Å²) in [6.45, 7) is 4.43. The molecule has 0 aliphatic carbocycles. The molecule has 7 heteroatoms. The molecule has 1 fully saturated rings. The van der Waals surface area contributed by atoms with Gasteiger partial charge >= 0.3 is 0 Å². The Morgan fingerprint density at radius 2 is 1.56 bits per heavy atom. The molecule has 1 N–H and O–H groups in total. The number of piperazine rings is 1. The fourth-order valence-electron chi connectivity index (χ4n) is 3.82. The Balaban J connectivity index is 1.40. The molecular formula is C25H23ClFN3O2. The van der Waals surface area contributed by atoms with Crippen molar-refractivity contribution in [2.45, 2.75) is 6.92 Å².